The van der Waals surface area contributed by atoms with Crippen LogP contribution in [-0.4, -0.2) is 29.0 Å². The van der Waals surface area contributed by atoms with Gasteiger partial charge in [-0.15, -0.1) is 0 Å². The number of amides is 1. The van der Waals surface area contributed by atoms with Crippen LogP contribution >= 0.6 is 0 Å². The highest BCUT2D eigenvalue weighted by molar-refractivity contribution is 6.09. The van der Waals surface area contributed by atoms with Gasteiger partial charge in [0.05, 0.1) is 16.8 Å². The number of carboxylic acids is 1. The fourth-order valence-electron chi connectivity index (χ4n) is 1.91. The summed E-state index contributed by atoms with van der Waals surface area (Å²) in [6, 6.07) is 7.77. The van der Waals surface area contributed by atoms with E-state index in [2.05, 4.69) is 4.98 Å². The van der Waals surface area contributed by atoms with Gasteiger partial charge in [-0.3, -0.25) is 9.78 Å². The number of carbonyl (C=O) groups excluding carboxylic acids is 1. The monoisotopic (exact) mass is 285 g/mol. The number of aryl methyl sites for hydroxylation is 1. The molecule has 0 saturated heterocycles. The average molecular weight is 285 g/mol. The molecule has 0 spiro atoms. The van der Waals surface area contributed by atoms with Crippen LogP contribution < -0.4 is 10.6 Å². The number of hydrogen-bond donors (Lipinski definition) is 2. The van der Waals surface area contributed by atoms with Gasteiger partial charge in [-0.25, -0.2) is 4.79 Å². The van der Waals surface area contributed by atoms with E-state index >= 15 is 0 Å². The minimum atomic E-state index is -1.14. The third kappa shape index (κ3) is 3.00. The summed E-state index contributed by atoms with van der Waals surface area (Å²) in [5, 5.41) is 9.22. The van der Waals surface area contributed by atoms with E-state index in [1.807, 2.05) is 6.92 Å². The molecule has 2 rings (SSSR count). The number of pyridine rings is 1. The van der Waals surface area contributed by atoms with Crippen molar-refractivity contribution in [3.05, 3.63) is 53.3 Å². The lowest BCUT2D eigenvalue weighted by Gasteiger charge is -2.19. The Kier molecular flexibility index (Phi) is 3.89. The minimum absolute atomic E-state index is 0.0223. The molecule has 21 heavy (non-hydrogen) atoms. The molecule has 2 aromatic rings. The molecular weight excluding hydrogens is 270 g/mol. The SMILES string of the molecule is Cc1ccc(C(=O)N(C)c2ccc(N)cc2C(=O)O)cn1. The molecule has 0 fully saturated rings. The fraction of sp³-hybridized carbons (Fsp3) is 0.133. The van der Waals surface area contributed by atoms with Crippen LogP contribution in [0.1, 0.15) is 26.4 Å². The van der Waals surface area contributed by atoms with Crippen molar-refractivity contribution in [1.29, 1.82) is 0 Å². The molecule has 6 heteroatoms. The standard InChI is InChI=1S/C15H15N3O3/c1-9-3-4-10(8-17-9)14(19)18(2)13-6-5-11(16)7-12(13)15(20)21/h3-8H,16H2,1-2H3,(H,20,21). The van der Waals surface area contributed by atoms with Gasteiger partial charge in [0.1, 0.15) is 0 Å². The van der Waals surface area contributed by atoms with Crippen LogP contribution in [0.15, 0.2) is 36.5 Å². The van der Waals surface area contributed by atoms with Crippen molar-refractivity contribution < 1.29 is 14.7 Å². The van der Waals surface area contributed by atoms with Crippen molar-refractivity contribution >= 4 is 23.3 Å². The Hall–Kier alpha value is -2.89. The maximum atomic E-state index is 12.4. The third-order valence-electron chi connectivity index (χ3n) is 3.08. The predicted molar refractivity (Wildman–Crippen MR) is 79.5 cm³/mol. The lowest BCUT2D eigenvalue weighted by Crippen LogP contribution is -2.28. The molecule has 6 nitrogen and oxygen atoms in total. The first-order chi connectivity index (χ1) is 9.90. The van der Waals surface area contributed by atoms with Crippen LogP contribution in [0.3, 0.4) is 0 Å². The minimum Gasteiger partial charge on any atom is -0.478 e. The van der Waals surface area contributed by atoms with Gasteiger partial charge in [-0.2, -0.15) is 0 Å². The van der Waals surface area contributed by atoms with Gasteiger partial charge in [0.2, 0.25) is 0 Å². The molecule has 1 aromatic heterocycles. The van der Waals surface area contributed by atoms with Crippen LogP contribution in [0.5, 0.6) is 0 Å². The molecular formula is C15H15N3O3. The van der Waals surface area contributed by atoms with Crippen LogP contribution in [-0.2, 0) is 0 Å². The second-order valence-electron chi connectivity index (χ2n) is 4.63. The maximum absolute atomic E-state index is 12.4. The molecule has 0 atom stereocenters. The molecule has 0 saturated carbocycles. The number of carbonyl (C=O) groups is 2. The number of nitrogens with zero attached hydrogens (tertiary/aromatic N) is 2. The summed E-state index contributed by atoms with van der Waals surface area (Å²) in [6.07, 6.45) is 1.46. The lowest BCUT2D eigenvalue weighted by atomic mass is 10.1. The smallest absolute Gasteiger partial charge is 0.337 e. The van der Waals surface area contributed by atoms with E-state index in [4.69, 9.17) is 5.73 Å². The van der Waals surface area contributed by atoms with E-state index in [1.165, 1.54) is 30.3 Å². The van der Waals surface area contributed by atoms with Crippen molar-refractivity contribution in [3.8, 4) is 0 Å². The Balaban J connectivity index is 2.40. The first-order valence-electron chi connectivity index (χ1n) is 6.23. The number of aromatic carboxylic acids is 1. The van der Waals surface area contributed by atoms with Crippen LogP contribution in [0, 0.1) is 6.92 Å². The van der Waals surface area contributed by atoms with E-state index in [9.17, 15) is 14.7 Å². The van der Waals surface area contributed by atoms with E-state index < -0.39 is 5.97 Å². The van der Waals surface area contributed by atoms with Gasteiger partial charge >= 0.3 is 5.97 Å². The number of aromatic nitrogens is 1. The Morgan fingerprint density at radius 3 is 2.52 bits per heavy atom. The highest BCUT2D eigenvalue weighted by Gasteiger charge is 2.20. The Labute approximate surface area is 121 Å². The topological polar surface area (TPSA) is 96.5 Å². The molecule has 0 radical (unpaired) electrons. The van der Waals surface area contributed by atoms with Crippen molar-refractivity contribution in [2.45, 2.75) is 6.92 Å². The molecule has 1 aromatic carbocycles. The van der Waals surface area contributed by atoms with Gasteiger partial charge in [0.25, 0.3) is 5.91 Å². The zero-order chi connectivity index (χ0) is 15.6. The zero-order valence-electron chi connectivity index (χ0n) is 11.7. The summed E-state index contributed by atoms with van der Waals surface area (Å²) in [7, 11) is 1.51. The summed E-state index contributed by atoms with van der Waals surface area (Å²) < 4.78 is 0. The quantitative estimate of drug-likeness (QED) is 0.840. The van der Waals surface area contributed by atoms with Crippen molar-refractivity contribution in [1.82, 2.24) is 4.98 Å². The zero-order valence-corrected chi connectivity index (χ0v) is 11.7. The number of benzene rings is 1. The summed E-state index contributed by atoms with van der Waals surface area (Å²) in [4.78, 5) is 29.0. The number of rotatable bonds is 3. The Morgan fingerprint density at radius 2 is 1.95 bits per heavy atom. The first kappa shape index (κ1) is 14.5. The number of nitrogen functional groups attached to an aromatic ring is 1. The van der Waals surface area contributed by atoms with E-state index in [0.717, 1.165) is 5.69 Å². The Bertz CT molecular complexity index is 696. The van der Waals surface area contributed by atoms with Crippen molar-refractivity contribution in [2.24, 2.45) is 0 Å². The van der Waals surface area contributed by atoms with Gasteiger partial charge in [0, 0.05) is 24.6 Å². The summed E-state index contributed by atoms with van der Waals surface area (Å²) in [6.45, 7) is 1.82. The molecule has 1 amide bonds. The highest BCUT2D eigenvalue weighted by atomic mass is 16.4. The number of anilines is 2. The largest absolute Gasteiger partial charge is 0.478 e. The van der Waals surface area contributed by atoms with Crippen LogP contribution in [0.25, 0.3) is 0 Å². The third-order valence-corrected chi connectivity index (χ3v) is 3.08. The fourth-order valence-corrected chi connectivity index (χ4v) is 1.91. The molecule has 0 aliphatic carbocycles. The van der Waals surface area contributed by atoms with Crippen molar-refractivity contribution in [3.63, 3.8) is 0 Å². The van der Waals surface area contributed by atoms with Crippen molar-refractivity contribution in [2.75, 3.05) is 17.7 Å². The van der Waals surface area contributed by atoms with E-state index in [1.54, 1.807) is 18.2 Å². The van der Waals surface area contributed by atoms with Crippen LogP contribution in [0.2, 0.25) is 0 Å². The molecule has 0 bridgehead atoms. The highest BCUT2D eigenvalue weighted by Crippen LogP contribution is 2.23. The van der Waals surface area contributed by atoms with Gasteiger partial charge in [0.15, 0.2) is 0 Å². The number of carboxylic acid groups (broad SMARTS) is 1. The van der Waals surface area contributed by atoms with Gasteiger partial charge in [-0.1, -0.05) is 0 Å². The summed E-state index contributed by atoms with van der Waals surface area (Å²) in [5.74, 6) is -1.48. The first-order valence-corrected chi connectivity index (χ1v) is 6.23. The summed E-state index contributed by atoms with van der Waals surface area (Å²) >= 11 is 0. The van der Waals surface area contributed by atoms with Gasteiger partial charge < -0.3 is 15.7 Å². The molecule has 0 unspecified atom stereocenters. The normalized spacial score (nSPS) is 10.2. The predicted octanol–water partition coefficient (Wildman–Crippen LogP) is 1.95. The number of hydrogen-bond acceptors (Lipinski definition) is 4. The average Bonchev–Trinajstić information content (AvgIpc) is 2.46. The number of nitrogens with two attached hydrogens (primary N) is 1. The second kappa shape index (κ2) is 5.62. The molecule has 0 aliphatic rings. The second-order valence-corrected chi connectivity index (χ2v) is 4.63. The Morgan fingerprint density at radius 1 is 1.24 bits per heavy atom. The lowest BCUT2D eigenvalue weighted by molar-refractivity contribution is 0.0698. The van der Waals surface area contributed by atoms with E-state index in [0.29, 0.717) is 11.3 Å². The molecule has 108 valence electrons. The molecule has 3 N–H and O–H groups in total. The van der Waals surface area contributed by atoms with Crippen LogP contribution in [0.4, 0.5) is 11.4 Å². The molecule has 1 heterocycles. The summed E-state index contributed by atoms with van der Waals surface area (Å²) in [5.41, 5.74) is 7.36. The maximum Gasteiger partial charge on any atom is 0.337 e. The van der Waals surface area contributed by atoms with Gasteiger partial charge in [-0.05, 0) is 37.3 Å². The van der Waals surface area contributed by atoms with E-state index in [-0.39, 0.29) is 17.2 Å². The molecule has 0 aliphatic heterocycles.